The Morgan fingerprint density at radius 1 is 1.08 bits per heavy atom. The van der Waals surface area contributed by atoms with Crippen molar-refractivity contribution in [3.63, 3.8) is 0 Å². The lowest BCUT2D eigenvalue weighted by Crippen LogP contribution is -2.37. The number of amides is 2. The van der Waals surface area contributed by atoms with Crippen LogP contribution in [0.25, 0.3) is 10.9 Å². The first-order chi connectivity index (χ1) is 17.8. The zero-order valence-electron chi connectivity index (χ0n) is 20.7. The first-order valence-electron chi connectivity index (χ1n) is 11.7. The minimum Gasteiger partial charge on any atom is -0.497 e. The summed E-state index contributed by atoms with van der Waals surface area (Å²) in [6.07, 6.45) is 1.54. The van der Waals surface area contributed by atoms with E-state index in [1.54, 1.807) is 34.9 Å². The lowest BCUT2D eigenvalue weighted by atomic mass is 9.93. The third-order valence-electron chi connectivity index (χ3n) is 6.29. The quantitative estimate of drug-likeness (QED) is 0.295. The van der Waals surface area contributed by atoms with E-state index < -0.39 is 5.91 Å². The number of benzene rings is 3. The van der Waals surface area contributed by atoms with E-state index in [1.807, 2.05) is 48.5 Å². The molecule has 1 unspecified atom stereocenters. The molecular formula is C28H29ClN4O4. The second-order valence-corrected chi connectivity index (χ2v) is 9.17. The van der Waals surface area contributed by atoms with Gasteiger partial charge >= 0.3 is 0 Å². The van der Waals surface area contributed by atoms with Crippen molar-refractivity contribution in [3.05, 3.63) is 94.1 Å². The van der Waals surface area contributed by atoms with Crippen LogP contribution in [0.2, 0.25) is 5.02 Å². The number of hydrogen-bond acceptors (Lipinski definition) is 5. The van der Waals surface area contributed by atoms with Gasteiger partial charge in [0.25, 0.3) is 5.91 Å². The summed E-state index contributed by atoms with van der Waals surface area (Å²) in [6, 6.07) is 20.4. The molecule has 1 aliphatic rings. The monoisotopic (exact) mass is 520 g/mol. The van der Waals surface area contributed by atoms with Gasteiger partial charge in [-0.1, -0.05) is 41.4 Å². The highest BCUT2D eigenvalue weighted by Crippen LogP contribution is 2.40. The highest BCUT2D eigenvalue weighted by molar-refractivity contribution is 6.31. The van der Waals surface area contributed by atoms with E-state index in [9.17, 15) is 9.59 Å². The summed E-state index contributed by atoms with van der Waals surface area (Å²) >= 11 is 6.19. The van der Waals surface area contributed by atoms with Crippen molar-refractivity contribution in [1.82, 2.24) is 9.58 Å². The maximum Gasteiger partial charge on any atom is 0.255 e. The second kappa shape index (κ2) is 11.3. The molecule has 5 rings (SSSR count). The maximum absolute atomic E-state index is 11.8. The molecule has 0 bridgehead atoms. The van der Waals surface area contributed by atoms with Crippen molar-refractivity contribution in [2.24, 2.45) is 5.73 Å². The zero-order valence-corrected chi connectivity index (χ0v) is 21.4. The Morgan fingerprint density at radius 3 is 2.38 bits per heavy atom. The van der Waals surface area contributed by atoms with Gasteiger partial charge in [0.1, 0.15) is 11.5 Å². The van der Waals surface area contributed by atoms with Crippen molar-refractivity contribution in [1.29, 1.82) is 0 Å². The summed E-state index contributed by atoms with van der Waals surface area (Å²) in [5.41, 5.74) is 10.1. The number of nitrogens with zero attached hydrogens (tertiary/aromatic N) is 2. The Kier molecular flexibility index (Phi) is 7.89. The molecule has 0 spiro atoms. The number of carbonyl (C=O) groups is 2. The van der Waals surface area contributed by atoms with E-state index in [2.05, 4.69) is 6.92 Å². The van der Waals surface area contributed by atoms with Gasteiger partial charge in [0, 0.05) is 17.0 Å². The number of nitrogen functional groups attached to an aromatic ring is 1. The number of carbonyl (C=O) groups excluding carboxylic acids is 2. The smallest absolute Gasteiger partial charge is 0.255 e. The van der Waals surface area contributed by atoms with E-state index in [1.165, 1.54) is 5.56 Å². The molecule has 1 aromatic heterocycles. The molecule has 3 aromatic carbocycles. The van der Waals surface area contributed by atoms with Crippen LogP contribution in [0, 0.1) is 6.92 Å². The van der Waals surface area contributed by atoms with Gasteiger partial charge < -0.3 is 25.9 Å². The Morgan fingerprint density at radius 2 is 1.76 bits per heavy atom. The normalized spacial score (nSPS) is 14.4. The molecule has 1 aliphatic heterocycles. The molecule has 8 nitrogen and oxygen atoms in total. The molecule has 9 heteroatoms. The van der Waals surface area contributed by atoms with Crippen LogP contribution in [0.1, 0.15) is 28.4 Å². The molecule has 4 aromatic rings. The molecule has 0 aliphatic carbocycles. The third-order valence-corrected chi connectivity index (χ3v) is 6.53. The van der Waals surface area contributed by atoms with Gasteiger partial charge in [-0.25, -0.2) is 0 Å². The molecule has 2 heterocycles. The minimum atomic E-state index is -0.542. The number of primary amides is 1. The highest BCUT2D eigenvalue weighted by Gasteiger charge is 2.33. The number of methoxy groups -OCH3 is 1. The topological polar surface area (TPSA) is 113 Å². The Hall–Kier alpha value is -4.17. The standard InChI is InChI=1S/C20H19ClN4O3.C8H10O/c21-13-3-6-17-16(9-13)15-7-8-24(11-26)19(20(15)25(17)23)12-1-4-14(5-2-12)28-10-18(22)27;1-7-3-5-8(9-2)6-4-7/h1-6,9,11,19H,7-8,10,23H2,(H2,22,27);3-6H,1-2H3. The maximum atomic E-state index is 11.8. The Balaban J connectivity index is 0.000000301. The summed E-state index contributed by atoms with van der Waals surface area (Å²) in [4.78, 5) is 24.4. The van der Waals surface area contributed by atoms with Crippen LogP contribution < -0.4 is 21.1 Å². The highest BCUT2D eigenvalue weighted by atomic mass is 35.5. The summed E-state index contributed by atoms with van der Waals surface area (Å²) in [7, 11) is 1.67. The fourth-order valence-corrected chi connectivity index (χ4v) is 4.67. The SMILES string of the molecule is COc1ccc(C)cc1.NC(=O)COc1ccc(C2c3c(c4cc(Cl)ccc4n3N)CCN2C=O)cc1. The lowest BCUT2D eigenvalue weighted by Gasteiger charge is -2.34. The lowest BCUT2D eigenvalue weighted by molar-refractivity contribution is -0.120. The number of nitrogens with two attached hydrogens (primary N) is 2. The number of halogens is 1. The molecule has 0 saturated heterocycles. The number of rotatable bonds is 6. The van der Waals surface area contributed by atoms with Crippen molar-refractivity contribution < 1.29 is 19.1 Å². The average Bonchev–Trinajstić information content (AvgIpc) is 3.19. The van der Waals surface area contributed by atoms with Crippen LogP contribution in [0.15, 0.2) is 66.7 Å². The first kappa shape index (κ1) is 25.9. The molecule has 0 fully saturated rings. The number of aryl methyl sites for hydroxylation is 1. The summed E-state index contributed by atoms with van der Waals surface area (Å²) in [5.74, 6) is 7.32. The molecular weight excluding hydrogens is 492 g/mol. The number of aromatic nitrogens is 1. The van der Waals surface area contributed by atoms with Gasteiger partial charge in [-0.15, -0.1) is 0 Å². The molecule has 2 amide bonds. The molecule has 4 N–H and O–H groups in total. The van der Waals surface area contributed by atoms with E-state index in [0.29, 0.717) is 23.7 Å². The predicted octanol–water partition coefficient (Wildman–Crippen LogP) is 3.98. The zero-order chi connectivity index (χ0) is 26.5. The van der Waals surface area contributed by atoms with Gasteiger partial charge in [0.2, 0.25) is 6.41 Å². The van der Waals surface area contributed by atoms with Gasteiger partial charge in [-0.05, 0) is 66.9 Å². The number of fused-ring (bicyclic) bond motifs is 3. The van der Waals surface area contributed by atoms with Gasteiger partial charge in [-0.2, -0.15) is 0 Å². The van der Waals surface area contributed by atoms with Crippen molar-refractivity contribution in [2.45, 2.75) is 19.4 Å². The van der Waals surface area contributed by atoms with Crippen LogP contribution in [0.5, 0.6) is 11.5 Å². The third kappa shape index (κ3) is 5.65. The van der Waals surface area contributed by atoms with Crippen molar-refractivity contribution in [3.8, 4) is 11.5 Å². The van der Waals surface area contributed by atoms with E-state index in [-0.39, 0.29) is 12.6 Å². The molecule has 1 atom stereocenters. The van der Waals surface area contributed by atoms with Crippen LogP contribution >= 0.6 is 11.6 Å². The molecule has 0 saturated carbocycles. The minimum absolute atomic E-state index is 0.189. The van der Waals surface area contributed by atoms with Gasteiger partial charge in [0.05, 0.1) is 24.4 Å². The van der Waals surface area contributed by atoms with E-state index in [0.717, 1.165) is 39.9 Å². The fraction of sp³-hybridized carbons (Fsp3) is 0.214. The van der Waals surface area contributed by atoms with Crippen LogP contribution in [0.4, 0.5) is 0 Å². The van der Waals surface area contributed by atoms with Gasteiger partial charge in [-0.3, -0.25) is 14.3 Å². The molecule has 192 valence electrons. The van der Waals surface area contributed by atoms with Crippen molar-refractivity contribution in [2.75, 3.05) is 26.1 Å². The summed E-state index contributed by atoms with van der Waals surface area (Å²) < 4.78 is 11.9. The van der Waals surface area contributed by atoms with E-state index >= 15 is 0 Å². The fourth-order valence-electron chi connectivity index (χ4n) is 4.50. The summed E-state index contributed by atoms with van der Waals surface area (Å²) in [5, 5.41) is 1.65. The predicted molar refractivity (Wildman–Crippen MR) is 144 cm³/mol. The van der Waals surface area contributed by atoms with Crippen LogP contribution in [-0.2, 0) is 16.0 Å². The van der Waals surface area contributed by atoms with Gasteiger partial charge in [0.15, 0.2) is 6.61 Å². The Labute approximate surface area is 220 Å². The molecule has 37 heavy (non-hydrogen) atoms. The first-order valence-corrected chi connectivity index (χ1v) is 12.1. The van der Waals surface area contributed by atoms with Crippen LogP contribution in [-0.4, -0.2) is 42.2 Å². The van der Waals surface area contributed by atoms with E-state index in [4.69, 9.17) is 32.7 Å². The second-order valence-electron chi connectivity index (χ2n) is 8.73. The largest absolute Gasteiger partial charge is 0.497 e. The van der Waals surface area contributed by atoms with Crippen molar-refractivity contribution >= 4 is 34.8 Å². The number of ether oxygens (including phenoxy) is 2. The number of hydrogen-bond donors (Lipinski definition) is 2. The van der Waals surface area contributed by atoms with Crippen LogP contribution in [0.3, 0.4) is 0 Å². The summed E-state index contributed by atoms with van der Waals surface area (Å²) in [6.45, 7) is 2.44. The Bertz CT molecular complexity index is 1400. The average molecular weight is 521 g/mol. The molecule has 0 radical (unpaired) electrons.